The van der Waals surface area contributed by atoms with E-state index in [2.05, 4.69) is 118 Å². The predicted octanol–water partition coefficient (Wildman–Crippen LogP) is 7.32. The molecule has 1 N–H and O–H groups in total. The van der Waals surface area contributed by atoms with E-state index in [1.807, 2.05) is 6.07 Å². The van der Waals surface area contributed by atoms with Gasteiger partial charge >= 0.3 is 5.92 Å². The summed E-state index contributed by atoms with van der Waals surface area (Å²) in [5.74, 6) is -1.98. The molecule has 0 atom stereocenters. The number of alkyl halides is 2. The van der Waals surface area contributed by atoms with Crippen LogP contribution >= 0.6 is 0 Å². The molecule has 0 aliphatic carbocycles. The number of nitrogens with zero attached hydrogens (tertiary/aromatic N) is 6. The lowest BCUT2D eigenvalue weighted by atomic mass is 9.88. The van der Waals surface area contributed by atoms with E-state index < -0.39 is 24.7 Å². The molecular weight excluding hydrogens is 833 g/mol. The monoisotopic (exact) mass is 928 g/mol. The minimum absolute atomic E-state index is 0.0791. The maximum Gasteiger partial charge on any atom is 0.304 e. The van der Waals surface area contributed by atoms with Crippen LogP contribution in [0.25, 0.3) is 0 Å². The second-order valence-electron chi connectivity index (χ2n) is 23.0. The summed E-state index contributed by atoms with van der Waals surface area (Å²) in [6.07, 6.45) is 3.40. The summed E-state index contributed by atoms with van der Waals surface area (Å²) < 4.78 is 64.0. The van der Waals surface area contributed by atoms with E-state index in [1.165, 1.54) is 6.20 Å². The van der Waals surface area contributed by atoms with Gasteiger partial charge in [0.25, 0.3) is 0 Å². The molecule has 13 nitrogen and oxygen atoms in total. The number of pyridine rings is 1. The third-order valence-corrected chi connectivity index (χ3v) is 12.5. The molecule has 3 heterocycles. The van der Waals surface area contributed by atoms with E-state index in [0.29, 0.717) is 45.4 Å². The number of aromatic nitrogens is 1. The molecule has 0 bridgehead atoms. The Morgan fingerprint density at radius 3 is 1.83 bits per heavy atom. The second kappa shape index (κ2) is 25.7. The zero-order valence-electron chi connectivity index (χ0n) is 43.9. The van der Waals surface area contributed by atoms with Crippen LogP contribution in [0.15, 0.2) is 18.3 Å². The van der Waals surface area contributed by atoms with Crippen molar-refractivity contribution in [3.63, 3.8) is 0 Å². The van der Waals surface area contributed by atoms with Crippen LogP contribution in [-0.4, -0.2) is 202 Å². The molecule has 2 aliphatic rings. The topological polar surface area (TPSA) is 96.5 Å². The highest BCUT2D eigenvalue weighted by molar-refractivity contribution is 5.41. The fourth-order valence-corrected chi connectivity index (χ4v) is 8.05. The Kier molecular flexibility index (Phi) is 22.8. The number of hydrogen-bond acceptors (Lipinski definition) is 13. The van der Waals surface area contributed by atoms with Crippen molar-refractivity contribution in [1.29, 1.82) is 0 Å². The molecule has 0 aromatic carbocycles. The van der Waals surface area contributed by atoms with Crippen LogP contribution in [0.2, 0.25) is 0 Å². The van der Waals surface area contributed by atoms with Crippen molar-refractivity contribution >= 4 is 5.82 Å². The Morgan fingerprint density at radius 2 is 1.25 bits per heavy atom. The van der Waals surface area contributed by atoms with Gasteiger partial charge in [0.1, 0.15) is 18.2 Å². The highest BCUT2D eigenvalue weighted by Gasteiger charge is 2.38. The van der Waals surface area contributed by atoms with Gasteiger partial charge in [-0.2, -0.15) is 0 Å². The first-order valence-electron chi connectivity index (χ1n) is 24.5. The smallest absolute Gasteiger partial charge is 0.304 e. The maximum atomic E-state index is 14.4. The van der Waals surface area contributed by atoms with Crippen molar-refractivity contribution in [1.82, 2.24) is 29.9 Å². The number of hydrogen-bond donors (Lipinski definition) is 1. The molecule has 65 heavy (non-hydrogen) atoms. The zero-order valence-corrected chi connectivity index (χ0v) is 43.9. The van der Waals surface area contributed by atoms with E-state index in [1.54, 1.807) is 26.8 Å². The lowest BCUT2D eigenvalue weighted by Gasteiger charge is -2.49. The van der Waals surface area contributed by atoms with Gasteiger partial charge in [-0.25, -0.2) is 13.8 Å². The van der Waals surface area contributed by atoms with Crippen molar-refractivity contribution in [2.45, 2.75) is 156 Å². The first-order valence-corrected chi connectivity index (χ1v) is 24.5. The molecule has 3 rings (SSSR count). The number of nitrogens with one attached hydrogen (secondary N) is 1. The Labute approximate surface area is 394 Å². The van der Waals surface area contributed by atoms with E-state index in [4.69, 9.17) is 28.4 Å². The first kappa shape index (κ1) is 57.5. The van der Waals surface area contributed by atoms with Crippen LogP contribution in [0, 0.1) is 0 Å². The van der Waals surface area contributed by atoms with Gasteiger partial charge in [0.2, 0.25) is 0 Å². The standard InChI is InChI=1S/C50H95F2N7O6/c1-44(2,3)54-20-31-60-36-37-64-49(14,15)19-18-47(10,11)59(30-33-62-35-34-61-32-29-55-21-25-57(26-22-55)45(4,5)6)39-48(12,13)58-27-23-56(24-28-58)43-17-16-42(38-53-43)63-40-50(51,52)41-65-46(7,8)9/h16-17,38,54H,18-37,39-41H2,1-15H3. The average molecular weight is 928 g/mol. The molecule has 0 unspecified atom stereocenters. The fourth-order valence-electron chi connectivity index (χ4n) is 8.05. The molecule has 380 valence electrons. The molecule has 0 amide bonds. The highest BCUT2D eigenvalue weighted by atomic mass is 19.3. The normalized spacial score (nSPS) is 17.4. The van der Waals surface area contributed by atoms with Crippen molar-refractivity contribution < 1.29 is 37.2 Å². The molecule has 2 saturated heterocycles. The number of ether oxygens (including phenoxy) is 6. The minimum Gasteiger partial charge on any atom is -0.486 e. The van der Waals surface area contributed by atoms with Crippen LogP contribution in [0.3, 0.4) is 0 Å². The Morgan fingerprint density at radius 1 is 0.646 bits per heavy atom. The van der Waals surface area contributed by atoms with Crippen LogP contribution in [0.5, 0.6) is 5.75 Å². The van der Waals surface area contributed by atoms with Gasteiger partial charge in [-0.1, -0.05) is 0 Å². The zero-order chi connectivity index (χ0) is 48.6. The van der Waals surface area contributed by atoms with E-state index >= 15 is 0 Å². The fraction of sp³-hybridized carbons (Fsp3) is 0.900. The summed E-state index contributed by atoms with van der Waals surface area (Å²) in [5, 5.41) is 3.46. The van der Waals surface area contributed by atoms with Crippen molar-refractivity contribution in [3.8, 4) is 5.75 Å². The summed E-state index contributed by atoms with van der Waals surface area (Å²) in [4.78, 5) is 17.1. The van der Waals surface area contributed by atoms with Gasteiger partial charge in [0.15, 0.2) is 6.61 Å². The van der Waals surface area contributed by atoms with Crippen LogP contribution in [0.1, 0.15) is 117 Å². The molecule has 1 aromatic rings. The quantitative estimate of drug-likeness (QED) is 0.0815. The maximum absolute atomic E-state index is 14.4. The van der Waals surface area contributed by atoms with Crippen molar-refractivity contribution in [2.75, 3.05) is 143 Å². The first-order chi connectivity index (χ1) is 30.1. The summed E-state index contributed by atoms with van der Waals surface area (Å²) in [6, 6.07) is 3.57. The van der Waals surface area contributed by atoms with Gasteiger partial charge in [-0.3, -0.25) is 19.6 Å². The lowest BCUT2D eigenvalue weighted by molar-refractivity contribution is -0.137. The van der Waals surface area contributed by atoms with E-state index in [0.717, 1.165) is 104 Å². The number of piperazine rings is 2. The van der Waals surface area contributed by atoms with Crippen LogP contribution in [0.4, 0.5) is 14.6 Å². The van der Waals surface area contributed by atoms with Gasteiger partial charge in [0, 0.05) is 101 Å². The Hall–Kier alpha value is -1.79. The Bertz CT molecular complexity index is 1450. The lowest BCUT2D eigenvalue weighted by Crippen LogP contribution is -2.61. The van der Waals surface area contributed by atoms with Gasteiger partial charge in [-0.15, -0.1) is 0 Å². The molecule has 0 saturated carbocycles. The van der Waals surface area contributed by atoms with Gasteiger partial charge < -0.3 is 38.6 Å². The van der Waals surface area contributed by atoms with Gasteiger partial charge in [0.05, 0.1) is 63.6 Å². The summed E-state index contributed by atoms with van der Waals surface area (Å²) in [5.41, 5.74) is -0.881. The molecule has 1 aromatic heterocycles. The molecule has 2 aliphatic heterocycles. The molecular formula is C50H95F2N7O6. The average Bonchev–Trinajstić information content (AvgIpc) is 3.21. The van der Waals surface area contributed by atoms with Crippen molar-refractivity contribution in [3.05, 3.63) is 18.3 Å². The number of anilines is 1. The van der Waals surface area contributed by atoms with Crippen molar-refractivity contribution in [2.24, 2.45) is 0 Å². The second-order valence-corrected chi connectivity index (χ2v) is 23.0. The van der Waals surface area contributed by atoms with E-state index in [9.17, 15) is 8.78 Å². The van der Waals surface area contributed by atoms with Gasteiger partial charge in [-0.05, 0) is 129 Å². The molecule has 15 heteroatoms. The van der Waals surface area contributed by atoms with Crippen LogP contribution in [-0.2, 0) is 23.7 Å². The number of halogens is 2. The molecule has 0 spiro atoms. The predicted molar refractivity (Wildman–Crippen MR) is 261 cm³/mol. The Balaban J connectivity index is 1.52. The summed E-state index contributed by atoms with van der Waals surface area (Å²) in [6.45, 7) is 46.5. The number of rotatable bonds is 29. The highest BCUT2D eigenvalue weighted by Crippen LogP contribution is 2.31. The SMILES string of the molecule is CC(C)(C)NCCOCCOC(C)(C)CCC(C)(C)N(CCOCCOCCN1CCN(C(C)(C)C)CC1)CC(C)(C)N1CCN(c2ccc(OCC(F)(F)COC(C)(C)C)cn2)CC1. The molecule has 2 fully saturated rings. The minimum atomic E-state index is -3.10. The third kappa shape index (κ3) is 23.4. The third-order valence-electron chi connectivity index (χ3n) is 12.5. The van der Waals surface area contributed by atoms with Crippen LogP contribution < -0.4 is 15.0 Å². The largest absolute Gasteiger partial charge is 0.486 e. The summed E-state index contributed by atoms with van der Waals surface area (Å²) >= 11 is 0. The summed E-state index contributed by atoms with van der Waals surface area (Å²) in [7, 11) is 0. The molecule has 0 radical (unpaired) electrons. The van der Waals surface area contributed by atoms with E-state index in [-0.39, 0.29) is 27.8 Å².